The van der Waals surface area contributed by atoms with E-state index in [4.69, 9.17) is 4.99 Å². The second kappa shape index (κ2) is 10.3. The summed E-state index contributed by atoms with van der Waals surface area (Å²) in [7, 11) is 3.96. The zero-order valence-electron chi connectivity index (χ0n) is 19.2. The lowest BCUT2D eigenvalue weighted by Crippen LogP contribution is -2.24. The average Bonchev–Trinajstić information content (AvgIpc) is 3.27. The normalized spacial score (nSPS) is 12.1. The van der Waals surface area contributed by atoms with Crippen LogP contribution < -0.4 is 0 Å². The van der Waals surface area contributed by atoms with Gasteiger partial charge in [-0.1, -0.05) is 47.7 Å². The molecule has 4 rings (SSSR count). The number of aromatic nitrogens is 4. The summed E-state index contributed by atoms with van der Waals surface area (Å²) >= 11 is 1.65. The van der Waals surface area contributed by atoms with E-state index in [2.05, 4.69) is 63.8 Å². The van der Waals surface area contributed by atoms with E-state index in [9.17, 15) is 0 Å². The minimum Gasteiger partial charge on any atom is -0.361 e. The van der Waals surface area contributed by atoms with Gasteiger partial charge in [0.25, 0.3) is 0 Å². The monoisotopic (exact) mass is 454 g/mol. The summed E-state index contributed by atoms with van der Waals surface area (Å²) in [5, 5.41) is 6.48. The van der Waals surface area contributed by atoms with E-state index in [1.807, 2.05) is 56.3 Å². The molecule has 0 aliphatic rings. The van der Waals surface area contributed by atoms with Crippen molar-refractivity contribution in [3.05, 3.63) is 107 Å². The third-order valence-corrected chi connectivity index (χ3v) is 5.79. The lowest BCUT2D eigenvalue weighted by Gasteiger charge is -2.16. The van der Waals surface area contributed by atoms with Crippen molar-refractivity contribution in [1.82, 2.24) is 24.6 Å². The predicted octanol–water partition coefficient (Wildman–Crippen LogP) is 5.38. The van der Waals surface area contributed by atoms with Crippen molar-refractivity contribution in [1.29, 1.82) is 0 Å². The summed E-state index contributed by atoms with van der Waals surface area (Å²) in [5.41, 5.74) is 4.88. The van der Waals surface area contributed by atoms with Gasteiger partial charge >= 0.3 is 0 Å². The van der Waals surface area contributed by atoms with Gasteiger partial charge in [-0.3, -0.25) is 4.98 Å². The van der Waals surface area contributed by atoms with Gasteiger partial charge in [0.05, 0.1) is 11.4 Å². The number of hydrogen-bond acceptors (Lipinski definition) is 5. The molecule has 0 bridgehead atoms. The summed E-state index contributed by atoms with van der Waals surface area (Å²) in [4.78, 5) is 16.9. The molecule has 166 valence electrons. The van der Waals surface area contributed by atoms with Crippen molar-refractivity contribution in [2.75, 3.05) is 14.1 Å². The number of pyridine rings is 1. The van der Waals surface area contributed by atoms with E-state index in [0.29, 0.717) is 0 Å². The maximum atomic E-state index is 5.04. The number of thioether (sulfide) groups is 1. The molecule has 4 aromatic rings. The van der Waals surface area contributed by atoms with E-state index >= 15 is 0 Å². The fourth-order valence-electron chi connectivity index (χ4n) is 3.15. The number of benzene rings is 2. The molecule has 0 N–H and O–H groups in total. The molecule has 2 aromatic heterocycles. The molecule has 0 aliphatic heterocycles. The molecule has 7 heteroatoms. The Balaban J connectivity index is 1.73. The smallest absolute Gasteiger partial charge is 0.154 e. The van der Waals surface area contributed by atoms with Gasteiger partial charge in [-0.05, 0) is 50.2 Å². The summed E-state index contributed by atoms with van der Waals surface area (Å²) in [5.74, 6) is 1.53. The van der Waals surface area contributed by atoms with Crippen LogP contribution in [0.1, 0.15) is 22.6 Å². The number of rotatable bonds is 6. The molecule has 2 heterocycles. The lowest BCUT2D eigenvalue weighted by atomic mass is 10.1. The molecular weight excluding hydrogens is 428 g/mol. The number of amidine groups is 1. The Bertz CT molecular complexity index is 1260. The van der Waals surface area contributed by atoms with Crippen LogP contribution in [0.3, 0.4) is 0 Å². The first-order valence-electron chi connectivity index (χ1n) is 10.6. The largest absolute Gasteiger partial charge is 0.361 e. The van der Waals surface area contributed by atoms with Crippen molar-refractivity contribution in [2.24, 2.45) is 4.99 Å². The van der Waals surface area contributed by atoms with Crippen LogP contribution >= 0.6 is 11.8 Å². The summed E-state index contributed by atoms with van der Waals surface area (Å²) in [6, 6.07) is 22.5. The number of hydrogen-bond donors (Lipinski definition) is 0. The van der Waals surface area contributed by atoms with Crippen molar-refractivity contribution in [3.8, 4) is 5.69 Å². The van der Waals surface area contributed by atoms with Gasteiger partial charge < -0.3 is 4.90 Å². The van der Waals surface area contributed by atoms with Gasteiger partial charge in [-0.2, -0.15) is 5.10 Å². The molecule has 0 saturated heterocycles. The Kier molecular flexibility index (Phi) is 7.00. The highest BCUT2D eigenvalue weighted by Crippen LogP contribution is 2.27. The summed E-state index contributed by atoms with van der Waals surface area (Å²) < 4.78 is 1.77. The first kappa shape index (κ1) is 22.5. The van der Waals surface area contributed by atoms with Crippen molar-refractivity contribution in [3.63, 3.8) is 0 Å². The van der Waals surface area contributed by atoms with E-state index < -0.39 is 0 Å². The second-order valence-electron chi connectivity index (χ2n) is 7.76. The van der Waals surface area contributed by atoms with Gasteiger partial charge in [-0.15, -0.1) is 0 Å². The molecule has 0 aliphatic carbocycles. The summed E-state index contributed by atoms with van der Waals surface area (Å²) in [6.07, 6.45) is 3.51. The maximum Gasteiger partial charge on any atom is 0.154 e. The molecule has 33 heavy (non-hydrogen) atoms. The Morgan fingerprint density at radius 3 is 2.30 bits per heavy atom. The van der Waals surface area contributed by atoms with Gasteiger partial charge in [0.1, 0.15) is 17.8 Å². The number of aliphatic imine (C=N–C) groups is 1. The van der Waals surface area contributed by atoms with Gasteiger partial charge in [0, 0.05) is 36.2 Å². The molecule has 0 fully saturated rings. The quantitative estimate of drug-likeness (QED) is 0.222. The third-order valence-electron chi connectivity index (χ3n) is 4.91. The first-order valence-corrected chi connectivity index (χ1v) is 11.5. The van der Waals surface area contributed by atoms with Crippen LogP contribution in [0.4, 0.5) is 0 Å². The molecule has 6 nitrogen and oxygen atoms in total. The summed E-state index contributed by atoms with van der Waals surface area (Å²) in [6.45, 7) is 3.97. The zero-order chi connectivity index (χ0) is 23.2. The van der Waals surface area contributed by atoms with Crippen LogP contribution in [0, 0.1) is 13.8 Å². The minimum absolute atomic E-state index is 0.741. The van der Waals surface area contributed by atoms with Gasteiger partial charge in [0.15, 0.2) is 5.84 Å². The maximum absolute atomic E-state index is 5.04. The standard InChI is InChI=1S/C26H26N6S/c1-19-8-14-23(15-9-19)33-17-25(29-26(31(3)4)24-7-5-6-16-27-24)21-10-12-22(13-11-21)32-18-28-20(2)30-32/h5-18H,1-4H3/b25-17+,29-26?. The van der Waals surface area contributed by atoms with Crippen molar-refractivity contribution >= 4 is 23.3 Å². The molecule has 0 amide bonds. The highest BCUT2D eigenvalue weighted by molar-refractivity contribution is 8.02. The Labute approximate surface area is 198 Å². The van der Waals surface area contributed by atoms with Crippen LogP contribution in [-0.4, -0.2) is 44.6 Å². The van der Waals surface area contributed by atoms with Crippen molar-refractivity contribution in [2.45, 2.75) is 18.7 Å². The predicted molar refractivity (Wildman–Crippen MR) is 136 cm³/mol. The lowest BCUT2D eigenvalue weighted by molar-refractivity contribution is 0.622. The Morgan fingerprint density at radius 1 is 0.939 bits per heavy atom. The number of aryl methyl sites for hydroxylation is 2. The van der Waals surface area contributed by atoms with Gasteiger partial charge in [-0.25, -0.2) is 14.7 Å². The SMILES string of the molecule is Cc1ccc(S/C=C(/N=C(c2ccccn2)N(C)C)c2ccc(-n3cnc(C)n3)cc2)cc1. The van der Waals surface area contributed by atoms with Crippen LogP contribution in [-0.2, 0) is 0 Å². The molecule has 0 radical (unpaired) electrons. The van der Waals surface area contributed by atoms with Crippen LogP contribution in [0.15, 0.2) is 94.6 Å². The topological polar surface area (TPSA) is 59.2 Å². The molecule has 0 spiro atoms. The fourth-order valence-corrected chi connectivity index (χ4v) is 3.88. The highest BCUT2D eigenvalue weighted by atomic mass is 32.2. The Morgan fingerprint density at radius 2 is 1.70 bits per heavy atom. The molecule has 2 aromatic carbocycles. The number of nitrogens with zero attached hydrogens (tertiary/aromatic N) is 6. The first-order chi connectivity index (χ1) is 16.0. The van der Waals surface area contributed by atoms with E-state index in [1.54, 1.807) is 29.0 Å². The van der Waals surface area contributed by atoms with Crippen molar-refractivity contribution < 1.29 is 0 Å². The van der Waals surface area contributed by atoms with E-state index in [-0.39, 0.29) is 0 Å². The molecule has 0 unspecified atom stereocenters. The third kappa shape index (κ3) is 5.75. The zero-order valence-corrected chi connectivity index (χ0v) is 20.0. The second-order valence-corrected chi connectivity index (χ2v) is 8.70. The Hall–Kier alpha value is -3.71. The van der Waals surface area contributed by atoms with Gasteiger partial charge in [0.2, 0.25) is 0 Å². The van der Waals surface area contributed by atoms with E-state index in [1.165, 1.54) is 5.56 Å². The van der Waals surface area contributed by atoms with Crippen LogP contribution in [0.5, 0.6) is 0 Å². The van der Waals surface area contributed by atoms with Crippen LogP contribution in [0.25, 0.3) is 11.4 Å². The van der Waals surface area contributed by atoms with Crippen LogP contribution in [0.2, 0.25) is 0 Å². The van der Waals surface area contributed by atoms with E-state index in [0.717, 1.165) is 39.2 Å². The highest BCUT2D eigenvalue weighted by Gasteiger charge is 2.11. The minimum atomic E-state index is 0.741. The molecule has 0 saturated carbocycles. The molecular formula is C26H26N6S. The fraction of sp³-hybridized carbons (Fsp3) is 0.154. The average molecular weight is 455 g/mol. The molecule has 0 atom stereocenters.